The van der Waals surface area contributed by atoms with Gasteiger partial charge in [0.15, 0.2) is 12.6 Å². The van der Waals surface area contributed by atoms with E-state index in [9.17, 15) is 45.6 Å². The second-order valence-electron chi connectivity index (χ2n) is 10.3. The molecule has 3 aliphatic rings. The minimum absolute atomic E-state index is 0.00934. The predicted octanol–water partition coefficient (Wildman–Crippen LogP) is -8.42. The van der Waals surface area contributed by atoms with Crippen molar-refractivity contribution in [3.63, 3.8) is 0 Å². The van der Waals surface area contributed by atoms with Crippen molar-refractivity contribution in [3.05, 3.63) is 0 Å². The first kappa shape index (κ1) is 33.3. The lowest BCUT2D eigenvalue weighted by Crippen LogP contribution is -2.69. The van der Waals surface area contributed by atoms with Crippen molar-refractivity contribution in [2.45, 2.75) is 111 Å². The first-order valence-electron chi connectivity index (χ1n) is 13.1. The molecule has 2 saturated heterocycles. The summed E-state index contributed by atoms with van der Waals surface area (Å²) in [4.78, 5) is 12.6. The highest BCUT2D eigenvalue weighted by Crippen LogP contribution is 2.32. The average molecular weight is 586 g/mol. The van der Waals surface area contributed by atoms with Gasteiger partial charge >= 0.3 is 0 Å². The third-order valence-corrected chi connectivity index (χ3v) is 7.51. The second-order valence-corrected chi connectivity index (χ2v) is 10.3. The van der Waals surface area contributed by atoms with E-state index in [0.29, 0.717) is 0 Å². The Morgan fingerprint density at radius 2 is 1.45 bits per heavy atom. The van der Waals surface area contributed by atoms with E-state index >= 15 is 0 Å². The van der Waals surface area contributed by atoms with Crippen molar-refractivity contribution in [2.75, 3.05) is 19.7 Å². The fourth-order valence-electron chi connectivity index (χ4n) is 5.07. The monoisotopic (exact) mass is 585 g/mol. The molecule has 18 heteroatoms. The quantitative estimate of drug-likeness (QED) is 0.113. The Balaban J connectivity index is 1.85. The molecule has 3 rings (SSSR count). The minimum atomic E-state index is -1.80. The van der Waals surface area contributed by atoms with E-state index in [2.05, 4.69) is 5.32 Å². The number of aliphatic hydroxyl groups excluding tert-OH is 8. The van der Waals surface area contributed by atoms with Gasteiger partial charge in [-0.15, -0.1) is 0 Å². The smallest absolute Gasteiger partial charge is 0.249 e. The molecule has 234 valence electrons. The van der Waals surface area contributed by atoms with Crippen LogP contribution in [0.15, 0.2) is 0 Å². The van der Waals surface area contributed by atoms with E-state index in [-0.39, 0.29) is 25.9 Å². The van der Waals surface area contributed by atoms with Crippen molar-refractivity contribution < 1.29 is 64.6 Å². The summed E-state index contributed by atoms with van der Waals surface area (Å²) < 4.78 is 22.5. The number of ether oxygens (including phenoxy) is 4. The average Bonchev–Trinajstić information content (AvgIpc) is 2.92. The number of carbonyl (C=O) groups is 1. The predicted molar refractivity (Wildman–Crippen MR) is 131 cm³/mol. The molecule has 0 aromatic heterocycles. The number of aliphatic hydroxyl groups is 8. The molecule has 1 aliphatic carbocycles. The standard InChI is InChI=1S/C22H43N5O13/c23-2-1-8(29)20(36)27-7-3-6(25)18(39-21-14(32)11(26)12(30)10(5-28)38-21)17(35)19(7)40-22-16(34)15(33)13(31)9(4-24)37-22/h6-19,21-22,28-35H,1-5,23-26H2,(H,27,36)/t6-,7+,8+,9?,10?,11-,12-,13-,14?,15-,16?,17-,18+,19-,21-,22+/m1/s1. The number of carbonyl (C=O) groups excluding carboxylic acids is 1. The summed E-state index contributed by atoms with van der Waals surface area (Å²) in [6.07, 6.45) is -19.9. The van der Waals surface area contributed by atoms with E-state index in [1.54, 1.807) is 0 Å². The van der Waals surface area contributed by atoms with Crippen LogP contribution in [-0.2, 0) is 23.7 Å². The van der Waals surface area contributed by atoms with Crippen LogP contribution in [0.4, 0.5) is 0 Å². The molecule has 16 atom stereocenters. The van der Waals surface area contributed by atoms with Gasteiger partial charge in [-0.1, -0.05) is 0 Å². The Morgan fingerprint density at radius 1 is 0.850 bits per heavy atom. The Hall–Kier alpha value is -1.17. The first-order valence-corrected chi connectivity index (χ1v) is 13.1. The largest absolute Gasteiger partial charge is 0.394 e. The van der Waals surface area contributed by atoms with Crippen molar-refractivity contribution in [3.8, 4) is 0 Å². The zero-order chi connectivity index (χ0) is 29.9. The van der Waals surface area contributed by atoms with Gasteiger partial charge in [-0.25, -0.2) is 0 Å². The van der Waals surface area contributed by atoms with Crippen molar-refractivity contribution in [1.29, 1.82) is 0 Å². The van der Waals surface area contributed by atoms with Gasteiger partial charge in [0.25, 0.3) is 0 Å². The van der Waals surface area contributed by atoms with Gasteiger partial charge in [-0.3, -0.25) is 4.79 Å². The van der Waals surface area contributed by atoms with Gasteiger partial charge in [0.2, 0.25) is 5.91 Å². The van der Waals surface area contributed by atoms with Gasteiger partial charge in [-0.05, 0) is 19.4 Å². The molecule has 18 nitrogen and oxygen atoms in total. The normalized spacial score (nSPS) is 47.0. The zero-order valence-corrected chi connectivity index (χ0v) is 21.7. The second kappa shape index (κ2) is 14.3. The fourth-order valence-corrected chi connectivity index (χ4v) is 5.07. The molecule has 0 spiro atoms. The first-order chi connectivity index (χ1) is 18.9. The summed E-state index contributed by atoms with van der Waals surface area (Å²) >= 11 is 0. The van der Waals surface area contributed by atoms with Gasteiger partial charge in [-0.2, -0.15) is 0 Å². The van der Waals surface area contributed by atoms with E-state index in [0.717, 1.165) is 0 Å². The Labute approximate surface area is 229 Å². The highest BCUT2D eigenvalue weighted by Gasteiger charge is 2.52. The molecule has 0 bridgehead atoms. The van der Waals surface area contributed by atoms with Crippen molar-refractivity contribution >= 4 is 5.91 Å². The van der Waals surface area contributed by atoms with Crippen LogP contribution in [0.5, 0.6) is 0 Å². The minimum Gasteiger partial charge on any atom is -0.394 e. The van der Waals surface area contributed by atoms with Gasteiger partial charge in [0.05, 0.1) is 18.7 Å². The van der Waals surface area contributed by atoms with Crippen LogP contribution in [0.3, 0.4) is 0 Å². The Morgan fingerprint density at radius 3 is 2.05 bits per heavy atom. The molecule has 2 heterocycles. The molecule has 0 aromatic rings. The maximum Gasteiger partial charge on any atom is 0.249 e. The third-order valence-electron chi connectivity index (χ3n) is 7.51. The number of rotatable bonds is 10. The summed E-state index contributed by atoms with van der Waals surface area (Å²) in [5.74, 6) is -0.847. The molecular weight excluding hydrogens is 542 g/mol. The summed E-state index contributed by atoms with van der Waals surface area (Å²) in [5.41, 5.74) is 23.1. The molecule has 1 saturated carbocycles. The maximum absolute atomic E-state index is 12.6. The molecule has 17 N–H and O–H groups in total. The fraction of sp³-hybridized carbons (Fsp3) is 0.955. The van der Waals surface area contributed by atoms with E-state index < -0.39 is 110 Å². The SMILES string of the molecule is NCC[C@H](O)C(=O)N[C@H]1C[C@@H](N)[C@H](O[C@H]2OC(CO)[C@@H](O)[C@@H](N)C2O)[C@@H](O)[C@@H]1O[C@@H]1OC(CN)[C@@H](O)[C@@H](O)C1O. The topological polar surface area (TPSA) is 332 Å². The number of nitrogens with one attached hydrogen (secondary N) is 1. The lowest BCUT2D eigenvalue weighted by molar-refractivity contribution is -0.332. The molecule has 1 amide bonds. The van der Waals surface area contributed by atoms with Crippen LogP contribution < -0.4 is 28.3 Å². The van der Waals surface area contributed by atoms with Gasteiger partial charge in [0, 0.05) is 12.6 Å². The summed E-state index contributed by atoms with van der Waals surface area (Å²) in [6, 6.07) is -3.42. The zero-order valence-electron chi connectivity index (χ0n) is 21.7. The number of hydrogen-bond donors (Lipinski definition) is 13. The van der Waals surface area contributed by atoms with Crippen molar-refractivity contribution in [1.82, 2.24) is 5.32 Å². The lowest BCUT2D eigenvalue weighted by Gasteiger charge is -2.49. The van der Waals surface area contributed by atoms with Crippen LogP contribution in [0, 0.1) is 0 Å². The van der Waals surface area contributed by atoms with E-state index in [1.807, 2.05) is 0 Å². The maximum atomic E-state index is 12.6. The number of nitrogens with two attached hydrogens (primary N) is 4. The van der Waals surface area contributed by atoms with Crippen LogP contribution in [0.1, 0.15) is 12.8 Å². The summed E-state index contributed by atoms with van der Waals surface area (Å²) in [7, 11) is 0. The number of amides is 1. The Bertz CT molecular complexity index is 815. The van der Waals surface area contributed by atoms with Crippen LogP contribution in [-0.4, -0.2) is 164 Å². The highest BCUT2D eigenvalue weighted by molar-refractivity contribution is 5.80. The highest BCUT2D eigenvalue weighted by atomic mass is 16.7. The van der Waals surface area contributed by atoms with Crippen LogP contribution in [0.25, 0.3) is 0 Å². The van der Waals surface area contributed by atoms with Gasteiger partial charge < -0.3 is 88.1 Å². The van der Waals surface area contributed by atoms with Crippen LogP contribution >= 0.6 is 0 Å². The van der Waals surface area contributed by atoms with Crippen LogP contribution in [0.2, 0.25) is 0 Å². The Kier molecular flexibility index (Phi) is 11.9. The molecule has 2 aliphatic heterocycles. The number of hydrogen-bond acceptors (Lipinski definition) is 17. The molecule has 0 radical (unpaired) electrons. The molecule has 4 unspecified atom stereocenters. The van der Waals surface area contributed by atoms with Gasteiger partial charge in [0.1, 0.15) is 67.1 Å². The third kappa shape index (κ3) is 7.06. The summed E-state index contributed by atoms with van der Waals surface area (Å²) in [6.45, 7) is -0.899. The molecule has 40 heavy (non-hydrogen) atoms. The van der Waals surface area contributed by atoms with E-state index in [4.69, 9.17) is 41.9 Å². The molecule has 0 aromatic carbocycles. The molecule has 3 fully saturated rings. The van der Waals surface area contributed by atoms with E-state index in [1.165, 1.54) is 0 Å². The summed E-state index contributed by atoms with van der Waals surface area (Å²) in [5, 5.41) is 84.9. The molecular formula is C22H43N5O13. The lowest BCUT2D eigenvalue weighted by atomic mass is 9.83. The van der Waals surface area contributed by atoms with Crippen molar-refractivity contribution in [2.24, 2.45) is 22.9 Å².